The van der Waals surface area contributed by atoms with Gasteiger partial charge in [-0.05, 0) is 44.2 Å². The molecule has 2 aromatic rings. The Morgan fingerprint density at radius 2 is 1.59 bits per heavy atom. The molecule has 0 unspecified atom stereocenters. The van der Waals surface area contributed by atoms with Gasteiger partial charge in [-0.15, -0.1) is 0 Å². The molecule has 0 atom stereocenters. The van der Waals surface area contributed by atoms with Gasteiger partial charge >= 0.3 is 11.4 Å². The Morgan fingerprint density at radius 1 is 1.07 bits per heavy atom. The predicted molar refractivity (Wildman–Crippen MR) is 97.6 cm³/mol. The summed E-state index contributed by atoms with van der Waals surface area (Å²) in [6.07, 6.45) is 0. The molecule has 10 heteroatoms. The van der Waals surface area contributed by atoms with Crippen molar-refractivity contribution in [3.05, 3.63) is 67.5 Å². The highest BCUT2D eigenvalue weighted by atomic mass is 19.1. The van der Waals surface area contributed by atoms with Gasteiger partial charge in [-0.1, -0.05) is 0 Å². The van der Waals surface area contributed by atoms with Crippen molar-refractivity contribution >= 4 is 28.5 Å². The van der Waals surface area contributed by atoms with Gasteiger partial charge in [0, 0.05) is 18.7 Å². The van der Waals surface area contributed by atoms with E-state index in [2.05, 4.69) is 0 Å². The lowest BCUT2D eigenvalue weighted by Crippen LogP contribution is -2.24. The van der Waals surface area contributed by atoms with Crippen molar-refractivity contribution in [2.24, 2.45) is 0 Å². The molecular weight excluding hydrogens is 359 g/mol. The van der Waals surface area contributed by atoms with E-state index in [1.54, 1.807) is 18.7 Å². The van der Waals surface area contributed by atoms with Crippen LogP contribution in [0.5, 0.6) is 0 Å². The standard InChI is InChI=1S/C17H17FN4O5/c1-3-20(4-2)13-9-12(17(23)10-5-7-11(18)8-6-10)15(21(24)25)14(19)16(13)22(26)27/h5-9H,3-4,19H2,1-2H3. The summed E-state index contributed by atoms with van der Waals surface area (Å²) in [6.45, 7) is 4.20. The van der Waals surface area contributed by atoms with Gasteiger partial charge in [-0.3, -0.25) is 25.0 Å². The van der Waals surface area contributed by atoms with Gasteiger partial charge in [0.25, 0.3) is 0 Å². The molecule has 0 bridgehead atoms. The topological polar surface area (TPSA) is 133 Å². The van der Waals surface area contributed by atoms with E-state index >= 15 is 0 Å². The number of nitrogen functional groups attached to an aromatic ring is 1. The molecule has 0 spiro atoms. The summed E-state index contributed by atoms with van der Waals surface area (Å²) in [7, 11) is 0. The first-order valence-corrected chi connectivity index (χ1v) is 8.03. The van der Waals surface area contributed by atoms with Crippen molar-refractivity contribution in [3.63, 3.8) is 0 Å². The van der Waals surface area contributed by atoms with Crippen LogP contribution in [0.15, 0.2) is 30.3 Å². The number of nitrogens with zero attached hydrogens (tertiary/aromatic N) is 3. The van der Waals surface area contributed by atoms with Crippen molar-refractivity contribution in [1.82, 2.24) is 0 Å². The van der Waals surface area contributed by atoms with Crippen LogP contribution in [0.3, 0.4) is 0 Å². The summed E-state index contributed by atoms with van der Waals surface area (Å²) >= 11 is 0. The third-order valence-electron chi connectivity index (χ3n) is 4.11. The molecule has 0 radical (unpaired) electrons. The molecule has 0 heterocycles. The second kappa shape index (κ2) is 7.77. The zero-order chi connectivity index (χ0) is 20.3. The van der Waals surface area contributed by atoms with Crippen LogP contribution in [0.4, 0.5) is 27.1 Å². The molecule has 0 aromatic heterocycles. The Morgan fingerprint density at radius 3 is 2.04 bits per heavy atom. The maximum atomic E-state index is 13.1. The molecule has 2 aromatic carbocycles. The SMILES string of the molecule is CCN(CC)c1cc(C(=O)c2ccc(F)cc2)c([N+](=O)[O-])c(N)c1[N+](=O)[O-]. The summed E-state index contributed by atoms with van der Waals surface area (Å²) in [6, 6.07) is 5.54. The second-order valence-corrected chi connectivity index (χ2v) is 5.58. The van der Waals surface area contributed by atoms with Gasteiger partial charge in [0.1, 0.15) is 17.1 Å². The van der Waals surface area contributed by atoms with Gasteiger partial charge < -0.3 is 10.6 Å². The molecule has 0 saturated heterocycles. The average molecular weight is 376 g/mol. The van der Waals surface area contributed by atoms with E-state index in [1.807, 2.05) is 0 Å². The molecule has 0 aliphatic carbocycles. The lowest BCUT2D eigenvalue weighted by Gasteiger charge is -2.22. The molecule has 2 N–H and O–H groups in total. The number of hydrogen-bond donors (Lipinski definition) is 1. The van der Waals surface area contributed by atoms with E-state index in [4.69, 9.17) is 5.73 Å². The van der Waals surface area contributed by atoms with E-state index in [1.165, 1.54) is 12.1 Å². The molecule has 0 aliphatic rings. The summed E-state index contributed by atoms with van der Waals surface area (Å²) in [5.41, 5.74) is 3.21. The lowest BCUT2D eigenvalue weighted by molar-refractivity contribution is -0.392. The summed E-state index contributed by atoms with van der Waals surface area (Å²) < 4.78 is 13.1. The van der Waals surface area contributed by atoms with E-state index in [9.17, 15) is 29.4 Å². The van der Waals surface area contributed by atoms with E-state index in [0.29, 0.717) is 13.1 Å². The zero-order valence-electron chi connectivity index (χ0n) is 14.6. The maximum absolute atomic E-state index is 13.1. The van der Waals surface area contributed by atoms with Gasteiger partial charge in [0.05, 0.1) is 9.85 Å². The molecule has 0 aliphatic heterocycles. The maximum Gasteiger partial charge on any atom is 0.322 e. The molecule has 0 fully saturated rings. The minimum Gasteiger partial charge on any atom is -0.387 e. The van der Waals surface area contributed by atoms with Crippen LogP contribution in [0.1, 0.15) is 29.8 Å². The zero-order valence-corrected chi connectivity index (χ0v) is 14.6. The number of rotatable bonds is 7. The number of halogens is 1. The lowest BCUT2D eigenvalue weighted by atomic mass is 9.98. The van der Waals surface area contributed by atoms with Crippen molar-refractivity contribution in [2.75, 3.05) is 23.7 Å². The number of carbonyl (C=O) groups is 1. The van der Waals surface area contributed by atoms with Crippen molar-refractivity contribution in [2.45, 2.75) is 13.8 Å². The highest BCUT2D eigenvalue weighted by Crippen LogP contribution is 2.43. The quantitative estimate of drug-likeness (QED) is 0.339. The third-order valence-corrected chi connectivity index (χ3v) is 4.11. The molecule has 0 amide bonds. The smallest absolute Gasteiger partial charge is 0.322 e. The van der Waals surface area contributed by atoms with Crippen molar-refractivity contribution < 1.29 is 19.0 Å². The first kappa shape index (κ1) is 19.8. The van der Waals surface area contributed by atoms with Crippen molar-refractivity contribution in [1.29, 1.82) is 0 Å². The Labute approximate surface area is 153 Å². The molecular formula is C17H17FN4O5. The van der Waals surface area contributed by atoms with Crippen molar-refractivity contribution in [3.8, 4) is 0 Å². The monoisotopic (exact) mass is 376 g/mol. The van der Waals surface area contributed by atoms with Gasteiger partial charge in [-0.25, -0.2) is 4.39 Å². The third kappa shape index (κ3) is 3.68. The minimum absolute atomic E-state index is 0.00162. The number of anilines is 2. The number of nitrogens with two attached hydrogens (primary N) is 1. The number of nitro groups is 2. The first-order chi connectivity index (χ1) is 12.7. The van der Waals surface area contributed by atoms with Crippen LogP contribution in [0.2, 0.25) is 0 Å². The largest absolute Gasteiger partial charge is 0.387 e. The van der Waals surface area contributed by atoms with Crippen LogP contribution < -0.4 is 10.6 Å². The fourth-order valence-corrected chi connectivity index (χ4v) is 2.79. The molecule has 2 rings (SSSR count). The number of ketones is 1. The van der Waals surface area contributed by atoms with Gasteiger partial charge in [0.2, 0.25) is 0 Å². The van der Waals surface area contributed by atoms with Crippen LogP contribution in [0.25, 0.3) is 0 Å². The Bertz CT molecular complexity index is 911. The fraction of sp³-hybridized carbons (Fsp3) is 0.235. The van der Waals surface area contributed by atoms with Crippen LogP contribution in [-0.2, 0) is 0 Å². The predicted octanol–water partition coefficient (Wildman–Crippen LogP) is 3.30. The first-order valence-electron chi connectivity index (χ1n) is 8.03. The normalized spacial score (nSPS) is 10.5. The Hall–Kier alpha value is -3.56. The second-order valence-electron chi connectivity index (χ2n) is 5.58. The summed E-state index contributed by atoms with van der Waals surface area (Å²) in [4.78, 5) is 35.6. The molecule has 9 nitrogen and oxygen atoms in total. The van der Waals surface area contributed by atoms with Gasteiger partial charge in [0.15, 0.2) is 11.5 Å². The molecule has 142 valence electrons. The van der Waals surface area contributed by atoms with E-state index in [0.717, 1.165) is 18.2 Å². The highest BCUT2D eigenvalue weighted by molar-refractivity contribution is 6.14. The Kier molecular flexibility index (Phi) is 5.69. The number of nitro benzene ring substituents is 2. The van der Waals surface area contributed by atoms with Crippen LogP contribution in [0, 0.1) is 26.0 Å². The summed E-state index contributed by atoms with van der Waals surface area (Å²) in [5.74, 6) is -1.36. The highest BCUT2D eigenvalue weighted by Gasteiger charge is 2.35. The molecule has 0 saturated carbocycles. The minimum atomic E-state index is -0.925. The van der Waals surface area contributed by atoms with Crippen LogP contribution in [-0.4, -0.2) is 28.7 Å². The molecule has 27 heavy (non-hydrogen) atoms. The van der Waals surface area contributed by atoms with E-state index < -0.39 is 44.1 Å². The number of hydrogen-bond acceptors (Lipinski definition) is 7. The number of benzene rings is 2. The van der Waals surface area contributed by atoms with Crippen LogP contribution >= 0.6 is 0 Å². The summed E-state index contributed by atoms with van der Waals surface area (Å²) in [5, 5.41) is 23.0. The average Bonchev–Trinajstić information content (AvgIpc) is 2.61. The number of carbonyl (C=O) groups excluding carboxylic acids is 1. The van der Waals surface area contributed by atoms with E-state index in [-0.39, 0.29) is 11.3 Å². The fourth-order valence-electron chi connectivity index (χ4n) is 2.79. The van der Waals surface area contributed by atoms with Gasteiger partial charge in [-0.2, -0.15) is 0 Å². The Balaban J connectivity index is 2.82.